The zero-order chi connectivity index (χ0) is 16.9. The highest BCUT2D eigenvalue weighted by Gasteiger charge is 2.25. The molecule has 1 N–H and O–H groups in total. The van der Waals surface area contributed by atoms with Crippen LogP contribution in [0.2, 0.25) is 0 Å². The van der Waals surface area contributed by atoms with Crippen LogP contribution >= 0.6 is 0 Å². The number of carbonyl (C=O) groups is 2. The predicted octanol–water partition coefficient (Wildman–Crippen LogP) is 2.26. The van der Waals surface area contributed by atoms with E-state index in [-0.39, 0.29) is 37.2 Å². The van der Waals surface area contributed by atoms with Crippen molar-refractivity contribution in [1.82, 2.24) is 5.32 Å². The first-order valence-electron chi connectivity index (χ1n) is 7.67. The van der Waals surface area contributed by atoms with Crippen molar-refractivity contribution in [3.63, 3.8) is 0 Å². The van der Waals surface area contributed by atoms with Crippen molar-refractivity contribution >= 4 is 17.5 Å². The molecule has 2 aromatic carbocycles. The molecular formula is C18H17FN2O3. The van der Waals surface area contributed by atoms with Crippen molar-refractivity contribution in [1.29, 1.82) is 0 Å². The van der Waals surface area contributed by atoms with Crippen LogP contribution < -0.4 is 15.0 Å². The molecule has 5 nitrogen and oxygen atoms in total. The van der Waals surface area contributed by atoms with Crippen LogP contribution in [0.25, 0.3) is 0 Å². The molecule has 0 unspecified atom stereocenters. The van der Waals surface area contributed by atoms with Crippen LogP contribution in [0.3, 0.4) is 0 Å². The third kappa shape index (κ3) is 3.71. The van der Waals surface area contributed by atoms with Crippen molar-refractivity contribution in [3.05, 3.63) is 59.9 Å². The van der Waals surface area contributed by atoms with E-state index in [1.54, 1.807) is 29.2 Å². The number of amides is 2. The maximum absolute atomic E-state index is 12.8. The van der Waals surface area contributed by atoms with E-state index in [0.29, 0.717) is 18.0 Å². The number of ether oxygens (including phenoxy) is 1. The molecule has 1 heterocycles. The fourth-order valence-electron chi connectivity index (χ4n) is 2.50. The van der Waals surface area contributed by atoms with Crippen LogP contribution in [0, 0.1) is 5.82 Å². The highest BCUT2D eigenvalue weighted by Crippen LogP contribution is 2.31. The third-order valence-corrected chi connectivity index (χ3v) is 3.77. The highest BCUT2D eigenvalue weighted by atomic mass is 19.1. The van der Waals surface area contributed by atoms with E-state index in [0.717, 1.165) is 5.56 Å². The summed E-state index contributed by atoms with van der Waals surface area (Å²) in [6, 6.07) is 13.2. The molecule has 3 rings (SSSR count). The van der Waals surface area contributed by atoms with Gasteiger partial charge in [-0.15, -0.1) is 0 Å². The van der Waals surface area contributed by atoms with E-state index in [1.807, 2.05) is 12.1 Å². The molecule has 0 aromatic heterocycles. The van der Waals surface area contributed by atoms with Gasteiger partial charge in [0.05, 0.1) is 5.69 Å². The molecule has 24 heavy (non-hydrogen) atoms. The van der Waals surface area contributed by atoms with Crippen molar-refractivity contribution in [2.24, 2.45) is 0 Å². The molecule has 2 amide bonds. The van der Waals surface area contributed by atoms with Crippen LogP contribution in [-0.4, -0.2) is 25.0 Å². The number of nitrogens with one attached hydrogen (secondary N) is 1. The SMILES string of the molecule is O=C(CCN1C(=O)COc2ccccc21)NCc1ccc(F)cc1. The van der Waals surface area contributed by atoms with Gasteiger partial charge in [0, 0.05) is 19.5 Å². The molecule has 1 aliphatic heterocycles. The van der Waals surface area contributed by atoms with Crippen LogP contribution in [0.5, 0.6) is 5.75 Å². The number of carbonyl (C=O) groups excluding carboxylic acids is 2. The van der Waals surface area contributed by atoms with Crippen LogP contribution in [-0.2, 0) is 16.1 Å². The maximum atomic E-state index is 12.8. The molecule has 0 spiro atoms. The average Bonchev–Trinajstić information content (AvgIpc) is 2.60. The maximum Gasteiger partial charge on any atom is 0.265 e. The number of anilines is 1. The number of rotatable bonds is 5. The van der Waals surface area contributed by atoms with Crippen molar-refractivity contribution < 1.29 is 18.7 Å². The molecule has 0 fully saturated rings. The lowest BCUT2D eigenvalue weighted by molar-refractivity contribution is -0.122. The van der Waals surface area contributed by atoms with Gasteiger partial charge in [0.15, 0.2) is 6.61 Å². The van der Waals surface area contributed by atoms with Crippen molar-refractivity contribution in [2.45, 2.75) is 13.0 Å². The highest BCUT2D eigenvalue weighted by molar-refractivity contribution is 5.98. The molecule has 6 heteroatoms. The number of hydrogen-bond donors (Lipinski definition) is 1. The third-order valence-electron chi connectivity index (χ3n) is 3.77. The van der Waals surface area contributed by atoms with Gasteiger partial charge in [0.2, 0.25) is 5.91 Å². The van der Waals surface area contributed by atoms with Crippen LogP contribution in [0.1, 0.15) is 12.0 Å². The lowest BCUT2D eigenvalue weighted by Gasteiger charge is -2.29. The number of nitrogens with zero attached hydrogens (tertiary/aromatic N) is 1. The van der Waals surface area contributed by atoms with Gasteiger partial charge in [-0.1, -0.05) is 24.3 Å². The predicted molar refractivity (Wildman–Crippen MR) is 87.2 cm³/mol. The number of para-hydroxylation sites is 2. The van der Waals surface area contributed by atoms with E-state index < -0.39 is 0 Å². The Labute approximate surface area is 139 Å². The fraction of sp³-hybridized carbons (Fsp3) is 0.222. The molecule has 0 atom stereocenters. The van der Waals surface area contributed by atoms with E-state index in [1.165, 1.54) is 12.1 Å². The molecule has 2 aromatic rings. The van der Waals surface area contributed by atoms with E-state index in [4.69, 9.17) is 4.74 Å². The Hall–Kier alpha value is -2.89. The van der Waals surface area contributed by atoms with Gasteiger partial charge in [0.25, 0.3) is 5.91 Å². The van der Waals surface area contributed by atoms with E-state index in [2.05, 4.69) is 5.32 Å². The molecular weight excluding hydrogens is 311 g/mol. The van der Waals surface area contributed by atoms with Gasteiger partial charge >= 0.3 is 0 Å². The van der Waals surface area contributed by atoms with Gasteiger partial charge in [-0.3, -0.25) is 9.59 Å². The summed E-state index contributed by atoms with van der Waals surface area (Å²) in [6.07, 6.45) is 0.182. The molecule has 0 aliphatic carbocycles. The zero-order valence-electron chi connectivity index (χ0n) is 13.0. The van der Waals surface area contributed by atoms with Gasteiger partial charge in [-0.2, -0.15) is 0 Å². The van der Waals surface area contributed by atoms with Crippen LogP contribution in [0.4, 0.5) is 10.1 Å². The molecule has 1 aliphatic rings. The van der Waals surface area contributed by atoms with E-state index >= 15 is 0 Å². The first-order chi connectivity index (χ1) is 11.6. The van der Waals surface area contributed by atoms with E-state index in [9.17, 15) is 14.0 Å². The first-order valence-corrected chi connectivity index (χ1v) is 7.67. The second-order valence-electron chi connectivity index (χ2n) is 5.45. The summed E-state index contributed by atoms with van der Waals surface area (Å²) in [5.41, 5.74) is 1.50. The summed E-state index contributed by atoms with van der Waals surface area (Å²) in [4.78, 5) is 25.6. The smallest absolute Gasteiger partial charge is 0.265 e. The minimum atomic E-state index is -0.311. The monoisotopic (exact) mass is 328 g/mol. The standard InChI is InChI=1S/C18H17FN2O3/c19-14-7-5-13(6-8-14)11-20-17(22)9-10-21-15-3-1-2-4-16(15)24-12-18(21)23/h1-8H,9-12H2,(H,20,22). The largest absolute Gasteiger partial charge is 0.482 e. The summed E-state index contributed by atoms with van der Waals surface area (Å²) >= 11 is 0. The normalized spacial score (nSPS) is 13.2. The Bertz CT molecular complexity index is 746. The number of halogens is 1. The lowest BCUT2D eigenvalue weighted by atomic mass is 10.2. The number of hydrogen-bond acceptors (Lipinski definition) is 3. The van der Waals surface area contributed by atoms with Gasteiger partial charge in [0.1, 0.15) is 11.6 Å². The van der Waals surface area contributed by atoms with Gasteiger partial charge in [-0.05, 0) is 29.8 Å². The average molecular weight is 328 g/mol. The van der Waals surface area contributed by atoms with Crippen molar-refractivity contribution in [2.75, 3.05) is 18.1 Å². The number of fused-ring (bicyclic) bond motifs is 1. The summed E-state index contributed by atoms with van der Waals surface area (Å²) in [6.45, 7) is 0.593. The van der Waals surface area contributed by atoms with Gasteiger partial charge in [-0.25, -0.2) is 4.39 Å². The van der Waals surface area contributed by atoms with Crippen LogP contribution in [0.15, 0.2) is 48.5 Å². The molecule has 0 saturated heterocycles. The minimum absolute atomic E-state index is 0.0196. The Kier molecular flexibility index (Phi) is 4.74. The second-order valence-corrected chi connectivity index (χ2v) is 5.45. The minimum Gasteiger partial charge on any atom is -0.482 e. The molecule has 0 bridgehead atoms. The summed E-state index contributed by atoms with van der Waals surface area (Å²) in [5, 5.41) is 2.77. The topological polar surface area (TPSA) is 58.6 Å². The summed E-state index contributed by atoms with van der Waals surface area (Å²) < 4.78 is 18.2. The lowest BCUT2D eigenvalue weighted by Crippen LogP contribution is -2.41. The molecule has 0 radical (unpaired) electrons. The Morgan fingerprint density at radius 3 is 2.71 bits per heavy atom. The number of benzene rings is 2. The summed E-state index contributed by atoms with van der Waals surface area (Å²) in [5.74, 6) is -0.00507. The first kappa shape index (κ1) is 16.0. The quantitative estimate of drug-likeness (QED) is 0.916. The van der Waals surface area contributed by atoms with Crippen molar-refractivity contribution in [3.8, 4) is 5.75 Å². The second kappa shape index (κ2) is 7.12. The Morgan fingerprint density at radius 2 is 1.92 bits per heavy atom. The summed E-state index contributed by atoms with van der Waals surface area (Å²) in [7, 11) is 0. The Morgan fingerprint density at radius 1 is 1.17 bits per heavy atom. The molecule has 0 saturated carbocycles. The Balaban J connectivity index is 1.54. The fourth-order valence-corrected chi connectivity index (χ4v) is 2.50. The van der Waals surface area contributed by atoms with Gasteiger partial charge < -0.3 is 15.0 Å². The zero-order valence-corrected chi connectivity index (χ0v) is 13.0. The molecule has 124 valence electrons.